The first kappa shape index (κ1) is 23.6. The van der Waals surface area contributed by atoms with Gasteiger partial charge in [0.15, 0.2) is 0 Å². The van der Waals surface area contributed by atoms with Crippen molar-refractivity contribution in [3.63, 3.8) is 0 Å². The molecule has 1 aromatic heterocycles. The van der Waals surface area contributed by atoms with Gasteiger partial charge in [0.25, 0.3) is 0 Å². The van der Waals surface area contributed by atoms with Crippen molar-refractivity contribution in [2.75, 3.05) is 31.6 Å². The molecule has 1 amide bonds. The van der Waals surface area contributed by atoms with Crippen LogP contribution in [-0.2, 0) is 17.8 Å². The van der Waals surface area contributed by atoms with Gasteiger partial charge < -0.3 is 10.2 Å². The van der Waals surface area contributed by atoms with E-state index >= 15 is 0 Å². The Morgan fingerprint density at radius 2 is 1.94 bits per heavy atom. The van der Waals surface area contributed by atoms with Gasteiger partial charge in [-0.1, -0.05) is 36.4 Å². The molecule has 2 aromatic carbocycles. The molecule has 0 saturated carbocycles. The molecule has 0 aliphatic carbocycles. The minimum absolute atomic E-state index is 0.0127. The molecule has 1 fully saturated rings. The standard InChI is InChI=1S/C28H31N5O/c1-20-18-33(15-14-30-20)19-22-8-11-25(12-9-22)32(3)28(34)16-23-10-13-27(31-21(23)2)26-7-5-4-6-24(26)17-29/h4-13,20,30H,14-16,18-19H2,1-3H3/t20-/m0/s1. The van der Waals surface area contributed by atoms with Gasteiger partial charge in [-0.3, -0.25) is 14.7 Å². The number of aromatic nitrogens is 1. The smallest absolute Gasteiger partial charge is 0.231 e. The van der Waals surface area contributed by atoms with Gasteiger partial charge in [-0.05, 0) is 49.2 Å². The molecule has 0 spiro atoms. The Labute approximate surface area is 201 Å². The largest absolute Gasteiger partial charge is 0.315 e. The van der Waals surface area contributed by atoms with Crippen LogP contribution in [0.1, 0.15) is 29.3 Å². The summed E-state index contributed by atoms with van der Waals surface area (Å²) in [6.07, 6.45) is 0.274. The van der Waals surface area contributed by atoms with Gasteiger partial charge in [0, 0.05) is 56.2 Å². The maximum absolute atomic E-state index is 13.0. The predicted octanol–water partition coefficient (Wildman–Crippen LogP) is 3.93. The zero-order valence-corrected chi connectivity index (χ0v) is 20.1. The minimum Gasteiger partial charge on any atom is -0.315 e. The van der Waals surface area contributed by atoms with E-state index < -0.39 is 0 Å². The molecule has 174 valence electrons. The first-order valence-electron chi connectivity index (χ1n) is 11.7. The van der Waals surface area contributed by atoms with E-state index in [0.29, 0.717) is 11.6 Å². The van der Waals surface area contributed by atoms with Crippen molar-refractivity contribution in [2.45, 2.75) is 32.9 Å². The van der Waals surface area contributed by atoms with Gasteiger partial charge in [-0.25, -0.2) is 0 Å². The number of carbonyl (C=O) groups is 1. The fraction of sp³-hybridized carbons (Fsp3) is 0.321. The number of likely N-dealkylation sites (N-methyl/N-ethyl adjacent to an activating group) is 1. The molecule has 3 aromatic rings. The zero-order valence-electron chi connectivity index (χ0n) is 20.1. The molecule has 4 rings (SSSR count). The highest BCUT2D eigenvalue weighted by molar-refractivity contribution is 5.94. The quantitative estimate of drug-likeness (QED) is 0.612. The predicted molar refractivity (Wildman–Crippen MR) is 135 cm³/mol. The number of nitriles is 1. The van der Waals surface area contributed by atoms with Gasteiger partial charge >= 0.3 is 0 Å². The summed E-state index contributed by atoms with van der Waals surface area (Å²) in [7, 11) is 1.82. The first-order valence-corrected chi connectivity index (χ1v) is 11.7. The van der Waals surface area contributed by atoms with Gasteiger partial charge in [0.2, 0.25) is 5.91 Å². The minimum atomic E-state index is 0.0127. The second-order valence-corrected chi connectivity index (χ2v) is 8.98. The maximum atomic E-state index is 13.0. The summed E-state index contributed by atoms with van der Waals surface area (Å²) in [4.78, 5) is 21.8. The van der Waals surface area contributed by atoms with Gasteiger partial charge in [0.1, 0.15) is 0 Å². The van der Waals surface area contributed by atoms with Crippen LogP contribution >= 0.6 is 0 Å². The van der Waals surface area contributed by atoms with Crippen LogP contribution in [0.4, 0.5) is 5.69 Å². The van der Waals surface area contributed by atoms with Crippen molar-refractivity contribution in [2.24, 2.45) is 0 Å². The normalized spacial score (nSPS) is 16.1. The topological polar surface area (TPSA) is 72.3 Å². The van der Waals surface area contributed by atoms with Crippen molar-refractivity contribution in [3.8, 4) is 17.3 Å². The van der Waals surface area contributed by atoms with E-state index in [1.807, 2.05) is 56.4 Å². The number of aryl methyl sites for hydroxylation is 1. The number of amides is 1. The van der Waals surface area contributed by atoms with Gasteiger partial charge in [0.05, 0.1) is 23.7 Å². The van der Waals surface area contributed by atoms with Crippen LogP contribution in [0.5, 0.6) is 0 Å². The van der Waals surface area contributed by atoms with E-state index in [2.05, 4.69) is 40.3 Å². The van der Waals surface area contributed by atoms with Crippen molar-refractivity contribution < 1.29 is 4.79 Å². The number of benzene rings is 2. The van der Waals surface area contributed by atoms with E-state index in [0.717, 1.165) is 54.4 Å². The molecule has 0 unspecified atom stereocenters. The Balaban J connectivity index is 1.41. The summed E-state index contributed by atoms with van der Waals surface area (Å²) in [6, 6.07) is 22.2. The molecular weight excluding hydrogens is 422 g/mol. The number of hydrogen-bond donors (Lipinski definition) is 1. The van der Waals surface area contributed by atoms with Crippen LogP contribution in [0.2, 0.25) is 0 Å². The molecule has 0 bridgehead atoms. The lowest BCUT2D eigenvalue weighted by molar-refractivity contribution is -0.117. The third kappa shape index (κ3) is 5.51. The fourth-order valence-electron chi connectivity index (χ4n) is 4.40. The Hall–Kier alpha value is -3.53. The molecule has 1 aliphatic rings. The number of rotatable bonds is 6. The number of carbonyl (C=O) groups excluding carboxylic acids is 1. The van der Waals surface area contributed by atoms with E-state index in [9.17, 15) is 10.1 Å². The number of piperazine rings is 1. The molecule has 1 saturated heterocycles. The lowest BCUT2D eigenvalue weighted by Gasteiger charge is -2.31. The molecule has 34 heavy (non-hydrogen) atoms. The highest BCUT2D eigenvalue weighted by Crippen LogP contribution is 2.23. The number of nitrogens with zero attached hydrogens (tertiary/aromatic N) is 4. The molecule has 2 heterocycles. The van der Waals surface area contributed by atoms with Crippen LogP contribution in [-0.4, -0.2) is 48.5 Å². The molecule has 1 atom stereocenters. The highest BCUT2D eigenvalue weighted by Gasteiger charge is 2.17. The van der Waals surface area contributed by atoms with Crippen LogP contribution in [0.3, 0.4) is 0 Å². The third-order valence-corrected chi connectivity index (χ3v) is 6.42. The lowest BCUT2D eigenvalue weighted by Crippen LogP contribution is -2.48. The molecule has 1 aliphatic heterocycles. The van der Waals surface area contributed by atoms with E-state index in [-0.39, 0.29) is 12.3 Å². The number of hydrogen-bond acceptors (Lipinski definition) is 5. The summed E-state index contributed by atoms with van der Waals surface area (Å²) < 4.78 is 0. The summed E-state index contributed by atoms with van der Waals surface area (Å²) in [6.45, 7) is 8.18. The van der Waals surface area contributed by atoms with Crippen LogP contribution in [0.25, 0.3) is 11.3 Å². The SMILES string of the molecule is Cc1nc(-c2ccccc2C#N)ccc1CC(=O)N(C)c1ccc(CN2CCN[C@@H](C)C2)cc1. The van der Waals surface area contributed by atoms with E-state index in [4.69, 9.17) is 0 Å². The Bertz CT molecular complexity index is 1200. The average molecular weight is 454 g/mol. The van der Waals surface area contributed by atoms with E-state index in [1.165, 1.54) is 5.56 Å². The van der Waals surface area contributed by atoms with Crippen molar-refractivity contribution in [3.05, 3.63) is 83.0 Å². The third-order valence-electron chi connectivity index (χ3n) is 6.42. The highest BCUT2D eigenvalue weighted by atomic mass is 16.2. The average Bonchev–Trinajstić information content (AvgIpc) is 2.85. The van der Waals surface area contributed by atoms with Gasteiger partial charge in [-0.2, -0.15) is 5.26 Å². The number of pyridine rings is 1. The second-order valence-electron chi connectivity index (χ2n) is 8.98. The maximum Gasteiger partial charge on any atom is 0.231 e. The summed E-state index contributed by atoms with van der Waals surface area (Å²) in [5.74, 6) is 0.0127. The van der Waals surface area contributed by atoms with Crippen molar-refractivity contribution in [1.29, 1.82) is 5.26 Å². The lowest BCUT2D eigenvalue weighted by atomic mass is 10.0. The van der Waals surface area contributed by atoms with Crippen molar-refractivity contribution in [1.82, 2.24) is 15.2 Å². The van der Waals surface area contributed by atoms with Crippen LogP contribution in [0.15, 0.2) is 60.7 Å². The molecule has 6 heteroatoms. The van der Waals surface area contributed by atoms with E-state index in [1.54, 1.807) is 11.0 Å². The second kappa shape index (κ2) is 10.6. The Morgan fingerprint density at radius 3 is 2.65 bits per heavy atom. The number of anilines is 1. The summed E-state index contributed by atoms with van der Waals surface area (Å²) in [5.41, 5.74) is 5.96. The molecule has 6 nitrogen and oxygen atoms in total. The fourth-order valence-corrected chi connectivity index (χ4v) is 4.40. The van der Waals surface area contributed by atoms with Crippen LogP contribution in [0, 0.1) is 18.3 Å². The van der Waals surface area contributed by atoms with Crippen molar-refractivity contribution >= 4 is 11.6 Å². The molecule has 1 N–H and O–H groups in total. The zero-order chi connectivity index (χ0) is 24.1. The summed E-state index contributed by atoms with van der Waals surface area (Å²) >= 11 is 0. The molecule has 0 radical (unpaired) electrons. The van der Waals surface area contributed by atoms with Gasteiger partial charge in [-0.15, -0.1) is 0 Å². The monoisotopic (exact) mass is 453 g/mol. The van der Waals surface area contributed by atoms with Crippen LogP contribution < -0.4 is 10.2 Å². The Kier molecular flexibility index (Phi) is 7.36. The molecular formula is C28H31N5O. The first-order chi connectivity index (χ1) is 16.4. The summed E-state index contributed by atoms with van der Waals surface area (Å²) in [5, 5.41) is 12.8. The number of nitrogens with one attached hydrogen (secondary N) is 1. The Morgan fingerprint density at radius 1 is 1.18 bits per heavy atom.